The van der Waals surface area contributed by atoms with E-state index in [1.807, 2.05) is 0 Å². The lowest BCUT2D eigenvalue weighted by Gasteiger charge is -2.29. The molecule has 0 saturated heterocycles. The van der Waals surface area contributed by atoms with Gasteiger partial charge in [-0.1, -0.05) is 0 Å². The van der Waals surface area contributed by atoms with Gasteiger partial charge in [0.15, 0.2) is 0 Å². The highest BCUT2D eigenvalue weighted by Crippen LogP contribution is 2.10. The molecule has 2 unspecified atom stereocenters. The molecule has 8 nitrogen and oxygen atoms in total. The molecule has 0 aliphatic carbocycles. The molecular formula is C9H21NO7. The largest absolute Gasteiger partial charge is 0.394 e. The van der Waals surface area contributed by atoms with Crippen molar-refractivity contribution in [3.8, 4) is 0 Å². The molecule has 9 N–H and O–H groups in total. The first-order chi connectivity index (χ1) is 7.84. The summed E-state index contributed by atoms with van der Waals surface area (Å²) >= 11 is 0. The molecule has 8 heteroatoms. The molecule has 0 saturated carbocycles. The lowest BCUT2D eigenvalue weighted by molar-refractivity contribution is -0.121. The van der Waals surface area contributed by atoms with Gasteiger partial charge >= 0.3 is 0 Å². The molecule has 0 aromatic heterocycles. The van der Waals surface area contributed by atoms with Gasteiger partial charge in [-0.05, 0) is 6.42 Å². The maximum absolute atomic E-state index is 9.52. The van der Waals surface area contributed by atoms with Crippen molar-refractivity contribution in [2.75, 3.05) is 13.2 Å². The van der Waals surface area contributed by atoms with Crippen LogP contribution in [0.3, 0.4) is 0 Å². The Balaban J connectivity index is 4.32. The fourth-order valence-electron chi connectivity index (χ4n) is 1.32. The molecule has 0 heterocycles. The SMILES string of the molecule is NC(CC(O)CO)[C@H](O)[C@@H](O)[C@H](O)[C@H](O)CO. The number of nitrogens with two attached hydrogens (primary N) is 1. The third-order valence-corrected chi connectivity index (χ3v) is 2.47. The molecule has 0 aliphatic rings. The van der Waals surface area contributed by atoms with Crippen LogP contribution in [-0.2, 0) is 0 Å². The Morgan fingerprint density at radius 3 is 1.71 bits per heavy atom. The van der Waals surface area contributed by atoms with E-state index in [1.54, 1.807) is 0 Å². The molecule has 0 bridgehead atoms. The van der Waals surface area contributed by atoms with Gasteiger partial charge in [0.05, 0.1) is 25.4 Å². The van der Waals surface area contributed by atoms with Gasteiger partial charge < -0.3 is 41.5 Å². The van der Waals surface area contributed by atoms with Crippen molar-refractivity contribution in [1.29, 1.82) is 0 Å². The van der Waals surface area contributed by atoms with Crippen LogP contribution in [0.15, 0.2) is 0 Å². The normalized spacial score (nSPS) is 22.6. The molecule has 0 fully saturated rings. The van der Waals surface area contributed by atoms with Gasteiger partial charge in [-0.2, -0.15) is 0 Å². The minimum absolute atomic E-state index is 0.184. The molecular weight excluding hydrogens is 234 g/mol. The Labute approximate surface area is 98.6 Å². The Bertz CT molecular complexity index is 206. The van der Waals surface area contributed by atoms with E-state index in [1.165, 1.54) is 0 Å². The van der Waals surface area contributed by atoms with Crippen molar-refractivity contribution < 1.29 is 35.7 Å². The van der Waals surface area contributed by atoms with E-state index in [-0.39, 0.29) is 6.42 Å². The van der Waals surface area contributed by atoms with Gasteiger partial charge in [-0.15, -0.1) is 0 Å². The molecule has 6 atom stereocenters. The summed E-state index contributed by atoms with van der Waals surface area (Å²) in [4.78, 5) is 0. The zero-order valence-electron chi connectivity index (χ0n) is 9.29. The third kappa shape index (κ3) is 5.23. The van der Waals surface area contributed by atoms with Gasteiger partial charge in [-0.3, -0.25) is 0 Å². The third-order valence-electron chi connectivity index (χ3n) is 2.47. The van der Waals surface area contributed by atoms with E-state index in [4.69, 9.17) is 26.2 Å². The summed E-state index contributed by atoms with van der Waals surface area (Å²) in [6.07, 6.45) is -8.06. The van der Waals surface area contributed by atoms with E-state index < -0.39 is 49.8 Å². The first-order valence-electron chi connectivity index (χ1n) is 5.22. The molecule has 0 amide bonds. The number of rotatable bonds is 8. The Hall–Kier alpha value is -0.320. The van der Waals surface area contributed by atoms with Crippen LogP contribution in [0.1, 0.15) is 6.42 Å². The Kier molecular flexibility index (Phi) is 7.75. The highest BCUT2D eigenvalue weighted by molar-refractivity contribution is 4.87. The van der Waals surface area contributed by atoms with E-state index in [9.17, 15) is 15.3 Å². The minimum atomic E-state index is -1.77. The zero-order chi connectivity index (χ0) is 13.6. The smallest absolute Gasteiger partial charge is 0.111 e. The van der Waals surface area contributed by atoms with Crippen LogP contribution in [-0.4, -0.2) is 85.5 Å². The molecule has 0 aromatic carbocycles. The van der Waals surface area contributed by atoms with Gasteiger partial charge in [0.2, 0.25) is 0 Å². The van der Waals surface area contributed by atoms with Crippen LogP contribution in [0.25, 0.3) is 0 Å². The average Bonchev–Trinajstić information content (AvgIpc) is 2.34. The van der Waals surface area contributed by atoms with E-state index in [2.05, 4.69) is 0 Å². The maximum atomic E-state index is 9.52. The summed E-state index contributed by atoms with van der Waals surface area (Å²) in [6, 6.07) is -1.09. The van der Waals surface area contributed by atoms with Crippen LogP contribution in [0.4, 0.5) is 0 Å². The topological polar surface area (TPSA) is 168 Å². The second-order valence-electron chi connectivity index (χ2n) is 3.96. The number of aliphatic hydroxyl groups is 7. The van der Waals surface area contributed by atoms with Crippen molar-refractivity contribution in [3.63, 3.8) is 0 Å². The van der Waals surface area contributed by atoms with Crippen molar-refractivity contribution in [1.82, 2.24) is 0 Å². The number of hydrogen-bond donors (Lipinski definition) is 8. The quantitative estimate of drug-likeness (QED) is 0.215. The summed E-state index contributed by atoms with van der Waals surface area (Å²) in [7, 11) is 0. The Morgan fingerprint density at radius 2 is 1.29 bits per heavy atom. The maximum Gasteiger partial charge on any atom is 0.111 e. The predicted molar refractivity (Wildman–Crippen MR) is 56.8 cm³/mol. The monoisotopic (exact) mass is 255 g/mol. The second-order valence-corrected chi connectivity index (χ2v) is 3.96. The van der Waals surface area contributed by atoms with Crippen molar-refractivity contribution >= 4 is 0 Å². The highest BCUT2D eigenvalue weighted by atomic mass is 16.4. The second kappa shape index (κ2) is 7.90. The molecule has 17 heavy (non-hydrogen) atoms. The van der Waals surface area contributed by atoms with E-state index in [0.717, 1.165) is 0 Å². The molecule has 0 aliphatic heterocycles. The van der Waals surface area contributed by atoms with Gasteiger partial charge in [0.25, 0.3) is 0 Å². The van der Waals surface area contributed by atoms with Crippen molar-refractivity contribution in [2.24, 2.45) is 5.73 Å². The summed E-state index contributed by atoms with van der Waals surface area (Å²) in [5.74, 6) is 0. The summed E-state index contributed by atoms with van der Waals surface area (Å²) in [6.45, 7) is -1.32. The summed E-state index contributed by atoms with van der Waals surface area (Å²) in [5, 5.41) is 63.5. The number of hydrogen-bond acceptors (Lipinski definition) is 8. The molecule has 104 valence electrons. The zero-order valence-corrected chi connectivity index (χ0v) is 9.29. The predicted octanol–water partition coefficient (Wildman–Crippen LogP) is -4.51. The van der Waals surface area contributed by atoms with Crippen molar-refractivity contribution in [2.45, 2.75) is 43.0 Å². The average molecular weight is 255 g/mol. The highest BCUT2D eigenvalue weighted by Gasteiger charge is 2.33. The van der Waals surface area contributed by atoms with E-state index in [0.29, 0.717) is 0 Å². The van der Waals surface area contributed by atoms with Crippen LogP contribution in [0.5, 0.6) is 0 Å². The minimum Gasteiger partial charge on any atom is -0.394 e. The summed E-state index contributed by atoms with van der Waals surface area (Å²) in [5.41, 5.74) is 5.44. The van der Waals surface area contributed by atoms with Crippen LogP contribution in [0.2, 0.25) is 0 Å². The van der Waals surface area contributed by atoms with Crippen molar-refractivity contribution in [3.05, 3.63) is 0 Å². The lowest BCUT2D eigenvalue weighted by Crippen LogP contribution is -2.53. The van der Waals surface area contributed by atoms with Gasteiger partial charge in [0.1, 0.15) is 18.3 Å². The molecule has 0 radical (unpaired) electrons. The first-order valence-corrected chi connectivity index (χ1v) is 5.22. The standard InChI is InChI=1S/C9H21NO7/c10-5(1-4(13)2-11)7(15)9(17)8(16)6(14)3-12/h4-9,11-17H,1-3,10H2/t4?,5?,6-,7+,8-,9-/m1/s1. The lowest BCUT2D eigenvalue weighted by atomic mass is 9.95. The molecule has 0 spiro atoms. The van der Waals surface area contributed by atoms with Crippen LogP contribution >= 0.6 is 0 Å². The first kappa shape index (κ1) is 16.7. The fourth-order valence-corrected chi connectivity index (χ4v) is 1.32. The fraction of sp³-hybridized carbons (Fsp3) is 1.00. The Morgan fingerprint density at radius 1 is 0.765 bits per heavy atom. The number of aliphatic hydroxyl groups excluding tert-OH is 7. The summed E-state index contributed by atoms with van der Waals surface area (Å²) < 4.78 is 0. The van der Waals surface area contributed by atoms with E-state index >= 15 is 0 Å². The molecule has 0 rings (SSSR count). The van der Waals surface area contributed by atoms with Gasteiger partial charge in [-0.25, -0.2) is 0 Å². The van der Waals surface area contributed by atoms with Crippen LogP contribution < -0.4 is 5.73 Å². The van der Waals surface area contributed by atoms with Crippen LogP contribution in [0, 0.1) is 0 Å². The molecule has 0 aromatic rings. The van der Waals surface area contributed by atoms with Gasteiger partial charge in [0, 0.05) is 6.04 Å².